The fourth-order valence-electron chi connectivity index (χ4n) is 5.93. The van der Waals surface area contributed by atoms with Crippen LogP contribution in [0.4, 0.5) is 0 Å². The van der Waals surface area contributed by atoms with Crippen LogP contribution in [0.2, 0.25) is 0 Å². The first-order valence-corrected chi connectivity index (χ1v) is 22.0. The highest BCUT2D eigenvalue weighted by molar-refractivity contribution is 7.47. The SMILES string of the molecule is CCCCCCCCCCCCCCCCCCCCCCCCCC(=O)OC(COC(=O)CCCCCCC)COP(=O)(O)OCCN. The Bertz CT molecular complexity index is 784. The van der Waals surface area contributed by atoms with Crippen LogP contribution in [0.15, 0.2) is 0 Å². The second kappa shape index (κ2) is 36.8. The second-order valence-electron chi connectivity index (χ2n) is 13.9. The Balaban J connectivity index is 3.87. The summed E-state index contributed by atoms with van der Waals surface area (Å²) in [7, 11) is -4.35. The van der Waals surface area contributed by atoms with E-state index >= 15 is 0 Å². The number of carbonyl (C=O) groups is 2. The highest BCUT2D eigenvalue weighted by atomic mass is 31.2. The minimum atomic E-state index is -4.35. The summed E-state index contributed by atoms with van der Waals surface area (Å²) in [5, 5.41) is 0. The molecule has 0 aromatic heterocycles. The molecule has 0 amide bonds. The maximum Gasteiger partial charge on any atom is 0.472 e. The van der Waals surface area contributed by atoms with Crippen LogP contribution in [0, 0.1) is 0 Å². The number of phosphoric acid groups is 1. The van der Waals surface area contributed by atoms with E-state index < -0.39 is 26.5 Å². The van der Waals surface area contributed by atoms with E-state index in [1.165, 1.54) is 128 Å². The third-order valence-corrected chi connectivity index (χ3v) is 9.98. The van der Waals surface area contributed by atoms with Crippen molar-refractivity contribution in [3.8, 4) is 0 Å². The van der Waals surface area contributed by atoms with E-state index in [2.05, 4.69) is 13.8 Å². The molecule has 0 fully saturated rings. The van der Waals surface area contributed by atoms with Gasteiger partial charge in [-0.25, -0.2) is 4.57 Å². The summed E-state index contributed by atoms with van der Waals surface area (Å²) in [5.41, 5.74) is 5.32. The van der Waals surface area contributed by atoms with Crippen molar-refractivity contribution >= 4 is 19.8 Å². The Morgan fingerprint density at radius 1 is 0.531 bits per heavy atom. The van der Waals surface area contributed by atoms with Gasteiger partial charge in [0, 0.05) is 19.4 Å². The van der Waals surface area contributed by atoms with Crippen LogP contribution < -0.4 is 5.73 Å². The van der Waals surface area contributed by atoms with Gasteiger partial charge in [-0.3, -0.25) is 18.6 Å². The van der Waals surface area contributed by atoms with Crippen molar-refractivity contribution in [1.82, 2.24) is 0 Å². The number of hydrogen-bond donors (Lipinski definition) is 2. The number of unbranched alkanes of at least 4 members (excludes halogenated alkanes) is 26. The lowest BCUT2D eigenvalue weighted by Gasteiger charge is -2.19. The van der Waals surface area contributed by atoms with E-state index in [1.807, 2.05) is 0 Å². The van der Waals surface area contributed by atoms with Crippen LogP contribution in [0.1, 0.15) is 206 Å². The Morgan fingerprint density at radius 2 is 0.878 bits per heavy atom. The molecule has 0 aromatic rings. The van der Waals surface area contributed by atoms with Gasteiger partial charge in [0.25, 0.3) is 0 Å². The molecule has 9 nitrogen and oxygen atoms in total. The Morgan fingerprint density at radius 3 is 1.24 bits per heavy atom. The fraction of sp³-hybridized carbons (Fsp3) is 0.949. The van der Waals surface area contributed by atoms with Crippen LogP contribution in [-0.2, 0) is 32.7 Å². The first-order chi connectivity index (χ1) is 23.8. The van der Waals surface area contributed by atoms with E-state index in [-0.39, 0.29) is 38.6 Å². The van der Waals surface area contributed by atoms with Gasteiger partial charge in [-0.05, 0) is 12.8 Å². The molecule has 49 heavy (non-hydrogen) atoms. The molecule has 0 aromatic carbocycles. The molecular weight excluding hydrogens is 641 g/mol. The molecule has 0 aliphatic heterocycles. The molecule has 292 valence electrons. The summed E-state index contributed by atoms with van der Waals surface area (Å²) in [6.07, 6.45) is 34.8. The lowest BCUT2D eigenvalue weighted by atomic mass is 10.0. The van der Waals surface area contributed by atoms with Gasteiger partial charge in [-0.1, -0.05) is 181 Å². The Labute approximate surface area is 301 Å². The van der Waals surface area contributed by atoms with Crippen molar-refractivity contribution < 1.29 is 37.6 Å². The molecule has 0 saturated heterocycles. The van der Waals surface area contributed by atoms with Crippen LogP contribution in [0.3, 0.4) is 0 Å². The molecule has 0 bridgehead atoms. The molecule has 0 heterocycles. The summed E-state index contributed by atoms with van der Waals surface area (Å²) >= 11 is 0. The molecule has 10 heteroatoms. The van der Waals surface area contributed by atoms with Crippen LogP contribution in [-0.4, -0.2) is 49.3 Å². The quantitative estimate of drug-likeness (QED) is 0.0361. The first kappa shape index (κ1) is 48.0. The van der Waals surface area contributed by atoms with Crippen molar-refractivity contribution in [3.05, 3.63) is 0 Å². The van der Waals surface area contributed by atoms with E-state index in [4.69, 9.17) is 24.3 Å². The molecule has 0 aliphatic carbocycles. The molecule has 3 N–H and O–H groups in total. The molecule has 2 unspecified atom stereocenters. The number of rotatable bonds is 39. The average molecular weight is 720 g/mol. The van der Waals surface area contributed by atoms with Crippen molar-refractivity contribution in [2.45, 2.75) is 213 Å². The van der Waals surface area contributed by atoms with Gasteiger partial charge in [-0.2, -0.15) is 0 Å². The Kier molecular flexibility index (Phi) is 36.0. The summed E-state index contributed by atoms with van der Waals surface area (Å²) in [6, 6.07) is 0. The van der Waals surface area contributed by atoms with Crippen molar-refractivity contribution in [2.75, 3.05) is 26.4 Å². The van der Waals surface area contributed by atoms with Crippen molar-refractivity contribution in [2.24, 2.45) is 5.73 Å². The van der Waals surface area contributed by atoms with E-state index in [0.29, 0.717) is 6.42 Å². The Hall–Kier alpha value is -0.990. The highest BCUT2D eigenvalue weighted by Crippen LogP contribution is 2.43. The zero-order valence-corrected chi connectivity index (χ0v) is 32.8. The van der Waals surface area contributed by atoms with Gasteiger partial charge in [0.1, 0.15) is 6.61 Å². The highest BCUT2D eigenvalue weighted by Gasteiger charge is 2.26. The number of hydrogen-bond acceptors (Lipinski definition) is 8. The molecule has 0 spiro atoms. The van der Waals surface area contributed by atoms with E-state index in [1.54, 1.807) is 0 Å². The predicted molar refractivity (Wildman–Crippen MR) is 201 cm³/mol. The third kappa shape index (κ3) is 36.6. The summed E-state index contributed by atoms with van der Waals surface area (Å²) < 4.78 is 32.5. The summed E-state index contributed by atoms with van der Waals surface area (Å²) in [6.45, 7) is 3.66. The maximum absolute atomic E-state index is 12.5. The largest absolute Gasteiger partial charge is 0.472 e. The topological polar surface area (TPSA) is 134 Å². The zero-order valence-electron chi connectivity index (χ0n) is 31.9. The van der Waals surface area contributed by atoms with Crippen LogP contribution >= 0.6 is 7.82 Å². The van der Waals surface area contributed by atoms with Gasteiger partial charge in [-0.15, -0.1) is 0 Å². The second-order valence-corrected chi connectivity index (χ2v) is 15.3. The van der Waals surface area contributed by atoms with Gasteiger partial charge in [0.2, 0.25) is 0 Å². The van der Waals surface area contributed by atoms with Gasteiger partial charge >= 0.3 is 19.8 Å². The predicted octanol–water partition coefficient (Wildman–Crippen LogP) is 11.3. The van der Waals surface area contributed by atoms with Gasteiger partial charge in [0.15, 0.2) is 6.10 Å². The minimum absolute atomic E-state index is 0.0573. The number of ether oxygens (including phenoxy) is 2. The zero-order chi connectivity index (χ0) is 36.1. The normalized spacial score (nSPS) is 13.3. The molecule has 2 atom stereocenters. The van der Waals surface area contributed by atoms with Crippen LogP contribution in [0.25, 0.3) is 0 Å². The average Bonchev–Trinajstić information content (AvgIpc) is 3.08. The first-order valence-electron chi connectivity index (χ1n) is 20.5. The van der Waals surface area contributed by atoms with E-state index in [0.717, 1.165) is 44.9 Å². The smallest absolute Gasteiger partial charge is 0.462 e. The molecule has 0 aliphatic rings. The van der Waals surface area contributed by atoms with Crippen molar-refractivity contribution in [1.29, 1.82) is 0 Å². The minimum Gasteiger partial charge on any atom is -0.462 e. The van der Waals surface area contributed by atoms with Crippen molar-refractivity contribution in [3.63, 3.8) is 0 Å². The number of esters is 2. The third-order valence-electron chi connectivity index (χ3n) is 8.99. The molecule has 0 rings (SSSR count). The number of carbonyl (C=O) groups excluding carboxylic acids is 2. The summed E-state index contributed by atoms with van der Waals surface area (Å²) in [5.74, 6) is -0.831. The fourth-order valence-corrected chi connectivity index (χ4v) is 6.69. The lowest BCUT2D eigenvalue weighted by molar-refractivity contribution is -0.161. The standard InChI is InChI=1S/C39H78NO8P/c1-3-5-7-9-10-11-12-13-14-15-16-17-18-19-20-21-22-23-24-25-26-28-30-32-39(42)48-37(36-47-49(43,44)46-34-33-40)35-45-38(41)31-29-27-8-6-4-2/h37H,3-36,40H2,1-2H3,(H,43,44). The summed E-state index contributed by atoms with van der Waals surface area (Å²) in [4.78, 5) is 34.4. The molecule has 0 radical (unpaired) electrons. The lowest BCUT2D eigenvalue weighted by Crippen LogP contribution is -2.29. The monoisotopic (exact) mass is 720 g/mol. The van der Waals surface area contributed by atoms with Gasteiger partial charge < -0.3 is 20.1 Å². The van der Waals surface area contributed by atoms with E-state index in [9.17, 15) is 19.0 Å². The van der Waals surface area contributed by atoms with Crippen LogP contribution in [0.5, 0.6) is 0 Å². The number of nitrogens with two attached hydrogens (primary N) is 1. The maximum atomic E-state index is 12.5. The number of phosphoric ester groups is 1. The molecule has 0 saturated carbocycles. The van der Waals surface area contributed by atoms with Gasteiger partial charge in [0.05, 0.1) is 13.2 Å². The molecular formula is C39H78NO8P.